The van der Waals surface area contributed by atoms with Crippen LogP contribution in [0.1, 0.15) is 12.6 Å². The number of alkyl halides is 3. The van der Waals surface area contributed by atoms with E-state index in [1.54, 1.807) is 31.2 Å². The lowest BCUT2D eigenvalue weighted by molar-refractivity contribution is -0.143. The second-order valence-electron chi connectivity index (χ2n) is 6.84. The number of phenols is 1. The van der Waals surface area contributed by atoms with E-state index < -0.39 is 17.7 Å². The number of aryl methyl sites for hydroxylation is 1. The molecule has 0 atom stereocenters. The van der Waals surface area contributed by atoms with Crippen LogP contribution in [-0.2, 0) is 12.7 Å². The van der Waals surface area contributed by atoms with Gasteiger partial charge in [0.25, 0.3) is 0 Å². The van der Waals surface area contributed by atoms with Gasteiger partial charge in [-0.2, -0.15) is 13.2 Å². The summed E-state index contributed by atoms with van der Waals surface area (Å²) in [5, 5.41) is 10.6. The molecule has 4 aromatic rings. The van der Waals surface area contributed by atoms with Crippen molar-refractivity contribution in [1.29, 1.82) is 0 Å². The van der Waals surface area contributed by atoms with E-state index in [2.05, 4.69) is 4.98 Å². The van der Waals surface area contributed by atoms with E-state index in [0.717, 1.165) is 18.2 Å². The monoisotopic (exact) mass is 415 g/mol. The van der Waals surface area contributed by atoms with Gasteiger partial charge in [-0.15, -0.1) is 0 Å². The number of rotatable bonds is 3. The molecular weight excluding hydrogens is 398 g/mol. The number of aromatic hydroxyl groups is 1. The fourth-order valence-electron chi connectivity index (χ4n) is 3.62. The lowest BCUT2D eigenvalue weighted by Crippen LogP contribution is -2.12. The van der Waals surface area contributed by atoms with E-state index in [-0.39, 0.29) is 29.4 Å². The van der Waals surface area contributed by atoms with Gasteiger partial charge in [-0.25, -0.2) is 9.37 Å². The molecule has 0 fully saturated rings. The highest BCUT2D eigenvalue weighted by atomic mass is 19.4. The van der Waals surface area contributed by atoms with Gasteiger partial charge in [0.15, 0.2) is 0 Å². The maximum absolute atomic E-state index is 13.8. The number of phenolic OH excluding ortho intramolecular Hbond substituents is 1. The number of fused-ring (bicyclic) bond motifs is 1. The number of benzene rings is 2. The summed E-state index contributed by atoms with van der Waals surface area (Å²) in [5.74, 6) is -0.591. The summed E-state index contributed by atoms with van der Waals surface area (Å²) in [4.78, 5) is 4.25. The lowest BCUT2D eigenvalue weighted by Gasteiger charge is -2.13. The number of anilines is 1. The van der Waals surface area contributed by atoms with Gasteiger partial charge in [0, 0.05) is 28.6 Å². The van der Waals surface area contributed by atoms with Crippen LogP contribution in [0.4, 0.5) is 23.4 Å². The minimum absolute atomic E-state index is 0.138. The van der Waals surface area contributed by atoms with Crippen LogP contribution >= 0.6 is 0 Å². The van der Waals surface area contributed by atoms with Crippen molar-refractivity contribution in [1.82, 2.24) is 9.55 Å². The van der Waals surface area contributed by atoms with Crippen molar-refractivity contribution < 1.29 is 22.7 Å². The molecule has 0 saturated carbocycles. The van der Waals surface area contributed by atoms with Gasteiger partial charge in [-0.1, -0.05) is 6.07 Å². The van der Waals surface area contributed by atoms with Crippen LogP contribution in [0, 0.1) is 5.82 Å². The minimum atomic E-state index is -4.48. The average molecular weight is 415 g/mol. The number of hydrogen-bond donors (Lipinski definition) is 2. The van der Waals surface area contributed by atoms with Crippen molar-refractivity contribution in [2.45, 2.75) is 19.6 Å². The van der Waals surface area contributed by atoms with Gasteiger partial charge < -0.3 is 15.4 Å². The zero-order chi connectivity index (χ0) is 21.6. The van der Waals surface area contributed by atoms with Crippen molar-refractivity contribution >= 4 is 16.7 Å². The first-order chi connectivity index (χ1) is 14.2. The molecule has 2 heterocycles. The van der Waals surface area contributed by atoms with Gasteiger partial charge in [0.1, 0.15) is 23.1 Å². The number of halogens is 4. The smallest absolute Gasteiger partial charge is 0.431 e. The quantitative estimate of drug-likeness (QED) is 0.414. The van der Waals surface area contributed by atoms with Crippen molar-refractivity contribution in [3.05, 3.63) is 66.1 Å². The summed E-state index contributed by atoms with van der Waals surface area (Å²) >= 11 is 0. The molecule has 154 valence electrons. The molecule has 3 N–H and O–H groups in total. The Morgan fingerprint density at radius 3 is 2.47 bits per heavy atom. The first kappa shape index (κ1) is 19.8. The Labute approximate surface area is 169 Å². The average Bonchev–Trinajstić information content (AvgIpc) is 3.08. The third kappa shape index (κ3) is 3.34. The number of nitrogens with zero attached hydrogens (tertiary/aromatic N) is 2. The molecule has 0 amide bonds. The van der Waals surface area contributed by atoms with E-state index in [1.807, 2.05) is 0 Å². The van der Waals surface area contributed by atoms with E-state index in [0.29, 0.717) is 22.0 Å². The highest BCUT2D eigenvalue weighted by Crippen LogP contribution is 2.39. The maximum Gasteiger partial charge on any atom is 0.431 e. The zero-order valence-electron chi connectivity index (χ0n) is 15.8. The number of aromatic nitrogens is 2. The fourth-order valence-corrected chi connectivity index (χ4v) is 3.62. The maximum atomic E-state index is 13.8. The third-order valence-corrected chi connectivity index (χ3v) is 4.95. The summed E-state index contributed by atoms with van der Waals surface area (Å²) in [6.45, 7) is 1.82. The summed E-state index contributed by atoms with van der Waals surface area (Å²) in [6.07, 6.45) is -4.48. The highest BCUT2D eigenvalue weighted by molar-refractivity contribution is 5.91. The van der Waals surface area contributed by atoms with Crippen LogP contribution in [0.25, 0.3) is 33.3 Å². The molecule has 0 unspecified atom stereocenters. The Hall–Kier alpha value is -3.55. The third-order valence-electron chi connectivity index (χ3n) is 4.95. The normalized spacial score (nSPS) is 11.9. The molecule has 0 bridgehead atoms. The molecule has 2 aromatic heterocycles. The number of pyridine rings is 1. The molecule has 0 aliphatic heterocycles. The second-order valence-corrected chi connectivity index (χ2v) is 6.84. The second kappa shape index (κ2) is 7.05. The first-order valence-electron chi connectivity index (χ1n) is 9.15. The molecule has 0 spiro atoms. The predicted octanol–water partition coefficient (Wildman–Crippen LogP) is 5.84. The van der Waals surface area contributed by atoms with Gasteiger partial charge in [-0.05, 0) is 61.0 Å². The van der Waals surface area contributed by atoms with Gasteiger partial charge in [0.05, 0.1) is 5.69 Å². The van der Waals surface area contributed by atoms with Crippen LogP contribution in [-0.4, -0.2) is 14.7 Å². The van der Waals surface area contributed by atoms with Crippen LogP contribution in [0.15, 0.2) is 54.6 Å². The van der Waals surface area contributed by atoms with Crippen molar-refractivity contribution in [3.8, 4) is 28.1 Å². The van der Waals surface area contributed by atoms with Gasteiger partial charge in [0.2, 0.25) is 0 Å². The Bertz CT molecular complexity index is 1260. The van der Waals surface area contributed by atoms with Crippen molar-refractivity contribution in [2.75, 3.05) is 5.73 Å². The largest absolute Gasteiger partial charge is 0.507 e. The number of nitrogen functional groups attached to an aromatic ring is 1. The molecule has 0 saturated heterocycles. The van der Waals surface area contributed by atoms with Crippen LogP contribution in [0.2, 0.25) is 0 Å². The Balaban J connectivity index is 1.94. The molecule has 0 aliphatic carbocycles. The Kier molecular flexibility index (Phi) is 4.64. The lowest BCUT2D eigenvalue weighted by atomic mass is 9.97. The Morgan fingerprint density at radius 1 is 1.00 bits per heavy atom. The molecular formula is C22H17F4N3O. The molecule has 30 heavy (non-hydrogen) atoms. The molecule has 0 radical (unpaired) electrons. The first-order valence-corrected chi connectivity index (χ1v) is 9.15. The number of hydrogen-bond acceptors (Lipinski definition) is 3. The van der Waals surface area contributed by atoms with E-state index >= 15 is 0 Å². The van der Waals surface area contributed by atoms with Crippen molar-refractivity contribution in [3.63, 3.8) is 0 Å². The summed E-state index contributed by atoms with van der Waals surface area (Å²) in [7, 11) is 0. The zero-order valence-corrected chi connectivity index (χ0v) is 15.8. The summed E-state index contributed by atoms with van der Waals surface area (Å²) in [5.41, 5.74) is 6.96. The van der Waals surface area contributed by atoms with Crippen molar-refractivity contribution in [2.24, 2.45) is 0 Å². The SMILES string of the molecule is CCn1c(C(F)(F)F)cc2cc(-c3ccc(N)nc3-c3cc(F)ccc3O)ccc21. The van der Waals surface area contributed by atoms with E-state index in [4.69, 9.17) is 5.73 Å². The molecule has 4 nitrogen and oxygen atoms in total. The highest BCUT2D eigenvalue weighted by Gasteiger charge is 2.35. The standard InChI is InChI=1S/C22H17F4N3O/c1-2-29-17-6-3-12(9-13(17)10-19(29)22(24,25)26)15-5-8-20(27)28-21(15)16-11-14(23)4-7-18(16)30/h3-11,30H,2H2,1H3,(H2,27,28). The Morgan fingerprint density at radius 2 is 1.77 bits per heavy atom. The number of nitrogens with two attached hydrogens (primary N) is 1. The van der Waals surface area contributed by atoms with E-state index in [1.165, 1.54) is 16.7 Å². The molecule has 0 aliphatic rings. The molecule has 8 heteroatoms. The molecule has 4 rings (SSSR count). The summed E-state index contributed by atoms with van der Waals surface area (Å²) < 4.78 is 55.2. The van der Waals surface area contributed by atoms with Gasteiger partial charge in [-0.3, -0.25) is 0 Å². The predicted molar refractivity (Wildman–Crippen MR) is 107 cm³/mol. The topological polar surface area (TPSA) is 64.1 Å². The van der Waals surface area contributed by atoms with Crippen LogP contribution < -0.4 is 5.73 Å². The minimum Gasteiger partial charge on any atom is -0.507 e. The fraction of sp³-hybridized carbons (Fsp3) is 0.136. The van der Waals surface area contributed by atoms with Gasteiger partial charge >= 0.3 is 6.18 Å². The van der Waals surface area contributed by atoms with Crippen LogP contribution in [0.5, 0.6) is 5.75 Å². The van der Waals surface area contributed by atoms with E-state index in [9.17, 15) is 22.7 Å². The summed E-state index contributed by atoms with van der Waals surface area (Å²) in [6, 6.07) is 12.6. The molecule has 2 aromatic carbocycles. The van der Waals surface area contributed by atoms with Crippen LogP contribution in [0.3, 0.4) is 0 Å².